The molecule has 0 saturated carbocycles. The summed E-state index contributed by atoms with van der Waals surface area (Å²) in [5.74, 6) is 0. The van der Waals surface area contributed by atoms with Gasteiger partial charge in [0.1, 0.15) is 0 Å². The summed E-state index contributed by atoms with van der Waals surface area (Å²) in [4.78, 5) is 11.7. The predicted octanol–water partition coefficient (Wildman–Crippen LogP) is 6.85. The number of carbonyl (C=O) groups is 1. The van der Waals surface area contributed by atoms with Gasteiger partial charge < -0.3 is 23.3 Å². The SMILES string of the molecule is CCCCCCCCCCCCCCCCCOC(=O)NCCC[Si](OC)(OC)OC. The van der Waals surface area contributed by atoms with E-state index in [-0.39, 0.29) is 6.09 Å². The van der Waals surface area contributed by atoms with Crippen LogP contribution in [0.2, 0.25) is 6.04 Å². The number of ether oxygens (including phenoxy) is 1. The molecule has 0 heterocycles. The van der Waals surface area contributed by atoms with Crippen molar-refractivity contribution in [3.05, 3.63) is 0 Å². The van der Waals surface area contributed by atoms with Crippen LogP contribution in [-0.4, -0.2) is 49.4 Å². The fourth-order valence-corrected chi connectivity index (χ4v) is 5.46. The van der Waals surface area contributed by atoms with Crippen molar-refractivity contribution >= 4 is 14.9 Å². The Balaban J connectivity index is 3.32. The third-order valence-corrected chi connectivity index (χ3v) is 8.68. The standard InChI is InChI=1S/C24H51NO5Si/c1-5-6-7-8-9-10-11-12-13-14-15-16-17-18-19-22-30-24(26)25-21-20-23-31(27-2,28-3)29-4/h5-23H2,1-4H3,(H,25,26). The van der Waals surface area contributed by atoms with Crippen molar-refractivity contribution in [3.63, 3.8) is 0 Å². The van der Waals surface area contributed by atoms with Gasteiger partial charge in [0, 0.05) is 33.9 Å². The summed E-state index contributed by atoms with van der Waals surface area (Å²) in [6.07, 6.45) is 20.4. The van der Waals surface area contributed by atoms with Crippen LogP contribution in [0.25, 0.3) is 0 Å². The summed E-state index contributed by atoms with van der Waals surface area (Å²) < 4.78 is 21.3. The molecule has 186 valence electrons. The van der Waals surface area contributed by atoms with E-state index >= 15 is 0 Å². The highest BCUT2D eigenvalue weighted by molar-refractivity contribution is 6.60. The molecule has 6 nitrogen and oxygen atoms in total. The summed E-state index contributed by atoms with van der Waals surface area (Å²) in [6.45, 7) is 3.30. The molecule has 7 heteroatoms. The van der Waals surface area contributed by atoms with Gasteiger partial charge in [-0.15, -0.1) is 0 Å². The van der Waals surface area contributed by atoms with Crippen molar-refractivity contribution in [1.29, 1.82) is 0 Å². The Morgan fingerprint density at radius 2 is 1.06 bits per heavy atom. The molecular weight excluding hydrogens is 410 g/mol. The lowest BCUT2D eigenvalue weighted by Crippen LogP contribution is -2.43. The monoisotopic (exact) mass is 461 g/mol. The molecule has 0 unspecified atom stereocenters. The first-order valence-electron chi connectivity index (χ1n) is 12.7. The number of alkyl carbamates (subject to hydrolysis) is 1. The molecule has 0 spiro atoms. The number of carbonyl (C=O) groups excluding carboxylic acids is 1. The van der Waals surface area contributed by atoms with E-state index in [9.17, 15) is 4.79 Å². The highest BCUT2D eigenvalue weighted by atomic mass is 28.4. The largest absolute Gasteiger partial charge is 0.500 e. The average Bonchev–Trinajstić information content (AvgIpc) is 2.79. The summed E-state index contributed by atoms with van der Waals surface area (Å²) in [6, 6.07) is 0.663. The molecule has 0 aliphatic carbocycles. The Labute approximate surface area is 193 Å². The zero-order valence-corrected chi connectivity index (χ0v) is 22.0. The molecule has 0 aromatic rings. The summed E-state index contributed by atoms with van der Waals surface area (Å²) in [5, 5.41) is 2.77. The van der Waals surface area contributed by atoms with Crippen LogP contribution >= 0.6 is 0 Å². The Morgan fingerprint density at radius 3 is 1.48 bits per heavy atom. The van der Waals surface area contributed by atoms with Crippen LogP contribution in [-0.2, 0) is 18.0 Å². The average molecular weight is 462 g/mol. The Bertz CT molecular complexity index is 386. The smallest absolute Gasteiger partial charge is 0.450 e. The number of nitrogens with one attached hydrogen (secondary N) is 1. The van der Waals surface area contributed by atoms with Gasteiger partial charge in [-0.1, -0.05) is 96.8 Å². The van der Waals surface area contributed by atoms with Crippen molar-refractivity contribution in [2.75, 3.05) is 34.5 Å². The van der Waals surface area contributed by atoms with Crippen molar-refractivity contribution in [2.45, 2.75) is 116 Å². The molecule has 0 fully saturated rings. The molecular formula is C24H51NO5Si. The lowest BCUT2D eigenvalue weighted by Gasteiger charge is -2.24. The second-order valence-electron chi connectivity index (χ2n) is 8.41. The molecule has 31 heavy (non-hydrogen) atoms. The third kappa shape index (κ3) is 18.6. The van der Waals surface area contributed by atoms with Crippen LogP contribution in [0, 0.1) is 0 Å². The molecule has 0 aromatic carbocycles. The molecule has 0 aliphatic heterocycles. The first kappa shape index (κ1) is 30.4. The van der Waals surface area contributed by atoms with Gasteiger partial charge in [-0.25, -0.2) is 4.79 Å². The van der Waals surface area contributed by atoms with Gasteiger partial charge in [0.25, 0.3) is 0 Å². The van der Waals surface area contributed by atoms with Gasteiger partial charge in [-0.2, -0.15) is 0 Å². The molecule has 1 amide bonds. The first-order valence-corrected chi connectivity index (χ1v) is 14.6. The lowest BCUT2D eigenvalue weighted by molar-refractivity contribution is 0.122. The Morgan fingerprint density at radius 1 is 0.645 bits per heavy atom. The van der Waals surface area contributed by atoms with Gasteiger partial charge in [-0.3, -0.25) is 0 Å². The number of amides is 1. The second kappa shape index (κ2) is 22.6. The maximum atomic E-state index is 11.7. The molecule has 0 saturated heterocycles. The Hall–Kier alpha value is -0.633. The molecule has 0 bridgehead atoms. The fraction of sp³-hybridized carbons (Fsp3) is 0.958. The van der Waals surface area contributed by atoms with Crippen LogP contribution in [0.5, 0.6) is 0 Å². The van der Waals surface area contributed by atoms with E-state index < -0.39 is 8.80 Å². The number of hydrogen-bond acceptors (Lipinski definition) is 5. The van der Waals surface area contributed by atoms with Crippen molar-refractivity contribution < 1.29 is 22.8 Å². The maximum Gasteiger partial charge on any atom is 0.500 e. The van der Waals surface area contributed by atoms with E-state index in [1.54, 1.807) is 21.3 Å². The van der Waals surface area contributed by atoms with Gasteiger partial charge >= 0.3 is 14.9 Å². The normalized spacial score (nSPS) is 11.6. The van der Waals surface area contributed by atoms with Crippen LogP contribution in [0.4, 0.5) is 4.79 Å². The molecule has 0 rings (SSSR count). The van der Waals surface area contributed by atoms with Crippen LogP contribution in [0.1, 0.15) is 110 Å². The molecule has 0 aromatic heterocycles. The van der Waals surface area contributed by atoms with Crippen LogP contribution in [0.15, 0.2) is 0 Å². The van der Waals surface area contributed by atoms with Crippen molar-refractivity contribution in [2.24, 2.45) is 0 Å². The number of hydrogen-bond donors (Lipinski definition) is 1. The maximum absolute atomic E-state index is 11.7. The molecule has 0 atom stereocenters. The predicted molar refractivity (Wildman–Crippen MR) is 130 cm³/mol. The summed E-state index contributed by atoms with van der Waals surface area (Å²) in [7, 11) is 2.24. The van der Waals surface area contributed by atoms with Crippen molar-refractivity contribution in [3.8, 4) is 0 Å². The zero-order valence-electron chi connectivity index (χ0n) is 21.0. The molecule has 0 radical (unpaired) electrons. The minimum Gasteiger partial charge on any atom is -0.450 e. The van der Waals surface area contributed by atoms with Gasteiger partial charge in [0.2, 0.25) is 0 Å². The van der Waals surface area contributed by atoms with E-state index in [1.807, 2.05) is 0 Å². The van der Waals surface area contributed by atoms with Gasteiger partial charge in [0.15, 0.2) is 0 Å². The quantitative estimate of drug-likeness (QED) is 0.133. The highest BCUT2D eigenvalue weighted by Crippen LogP contribution is 2.15. The van der Waals surface area contributed by atoms with Crippen LogP contribution < -0.4 is 5.32 Å². The van der Waals surface area contributed by atoms with Crippen molar-refractivity contribution in [1.82, 2.24) is 5.32 Å². The molecule has 1 N–H and O–H groups in total. The zero-order chi connectivity index (χ0) is 23.0. The summed E-state index contributed by atoms with van der Waals surface area (Å²) in [5.41, 5.74) is 0. The van der Waals surface area contributed by atoms with Crippen LogP contribution in [0.3, 0.4) is 0 Å². The van der Waals surface area contributed by atoms with E-state index in [0.717, 1.165) is 19.3 Å². The number of unbranched alkanes of at least 4 members (excludes halogenated alkanes) is 14. The fourth-order valence-electron chi connectivity index (χ4n) is 3.74. The lowest BCUT2D eigenvalue weighted by atomic mass is 10.0. The highest BCUT2D eigenvalue weighted by Gasteiger charge is 2.36. The number of rotatable bonds is 23. The summed E-state index contributed by atoms with van der Waals surface area (Å²) >= 11 is 0. The van der Waals surface area contributed by atoms with Gasteiger partial charge in [0.05, 0.1) is 6.61 Å². The minimum atomic E-state index is -2.55. The Kier molecular flexibility index (Phi) is 22.1. The van der Waals surface area contributed by atoms with Gasteiger partial charge in [-0.05, 0) is 12.8 Å². The topological polar surface area (TPSA) is 66.0 Å². The van der Waals surface area contributed by atoms with E-state index in [1.165, 1.54) is 83.5 Å². The minimum absolute atomic E-state index is 0.343. The first-order chi connectivity index (χ1) is 15.1. The molecule has 0 aliphatic rings. The van der Waals surface area contributed by atoms with E-state index in [2.05, 4.69) is 12.2 Å². The second-order valence-corrected chi connectivity index (χ2v) is 11.5. The third-order valence-electron chi connectivity index (χ3n) is 5.84. The van der Waals surface area contributed by atoms with E-state index in [0.29, 0.717) is 19.2 Å². The van der Waals surface area contributed by atoms with E-state index in [4.69, 9.17) is 18.0 Å².